The van der Waals surface area contributed by atoms with Gasteiger partial charge in [0.2, 0.25) is 0 Å². The van der Waals surface area contributed by atoms with Gasteiger partial charge in [-0.15, -0.1) is 0 Å². The van der Waals surface area contributed by atoms with E-state index in [0.717, 1.165) is 18.4 Å². The third-order valence-corrected chi connectivity index (χ3v) is 2.94. The van der Waals surface area contributed by atoms with Crippen LogP contribution in [0.3, 0.4) is 0 Å². The Morgan fingerprint density at radius 1 is 1.20 bits per heavy atom. The topological polar surface area (TPSA) is 20.2 Å². The Morgan fingerprint density at radius 2 is 1.73 bits per heavy atom. The molecule has 0 aromatic heterocycles. The molecule has 0 heterocycles. The summed E-state index contributed by atoms with van der Waals surface area (Å²) in [6.07, 6.45) is 1.81. The predicted molar refractivity (Wildman–Crippen MR) is 65.0 cm³/mol. The lowest BCUT2D eigenvalue weighted by Crippen LogP contribution is -2.20. The summed E-state index contributed by atoms with van der Waals surface area (Å²) < 4.78 is 0. The van der Waals surface area contributed by atoms with E-state index in [2.05, 4.69) is 32.9 Å². The Hall–Kier alpha value is -0.820. The van der Waals surface area contributed by atoms with Crippen LogP contribution in [-0.2, 0) is 5.60 Å². The Kier molecular flexibility index (Phi) is 3.92. The Morgan fingerprint density at radius 3 is 2.13 bits per heavy atom. The molecule has 0 aliphatic heterocycles. The van der Waals surface area contributed by atoms with Crippen LogP contribution in [0, 0.1) is 0 Å². The molecule has 0 saturated carbocycles. The summed E-state index contributed by atoms with van der Waals surface area (Å²) in [5.41, 5.74) is 1.67. The molecule has 1 aromatic carbocycles. The number of aliphatic hydroxyl groups is 1. The molecule has 1 N–H and O–H groups in total. The molecule has 0 aliphatic carbocycles. The predicted octanol–water partition coefficient (Wildman–Crippen LogP) is 3.82. The second-order valence-electron chi connectivity index (χ2n) is 4.80. The Labute approximate surface area is 93.1 Å². The van der Waals surface area contributed by atoms with Gasteiger partial charge < -0.3 is 5.11 Å². The molecule has 0 unspecified atom stereocenters. The molecule has 0 bridgehead atoms. The van der Waals surface area contributed by atoms with Gasteiger partial charge in [-0.1, -0.05) is 51.5 Å². The van der Waals surface area contributed by atoms with Crippen LogP contribution in [0.5, 0.6) is 0 Å². The summed E-state index contributed by atoms with van der Waals surface area (Å²) in [4.78, 5) is 0. The molecule has 0 aliphatic rings. The lowest BCUT2D eigenvalue weighted by Gasteiger charge is -2.23. The largest absolute Gasteiger partial charge is 0.385 e. The van der Waals surface area contributed by atoms with Crippen molar-refractivity contribution in [3.63, 3.8) is 0 Å². The SMILES string of the molecule is CCC[C@@](C)(O)c1ccc(C(C)C)cc1. The lowest BCUT2D eigenvalue weighted by molar-refractivity contribution is 0.0469. The van der Waals surface area contributed by atoms with Gasteiger partial charge >= 0.3 is 0 Å². The van der Waals surface area contributed by atoms with E-state index in [1.54, 1.807) is 0 Å². The van der Waals surface area contributed by atoms with Crippen molar-refractivity contribution < 1.29 is 5.11 Å². The molecule has 84 valence electrons. The molecule has 0 saturated heterocycles. The van der Waals surface area contributed by atoms with Crippen molar-refractivity contribution in [3.05, 3.63) is 35.4 Å². The van der Waals surface area contributed by atoms with Crippen LogP contribution in [0.2, 0.25) is 0 Å². The number of hydrogen-bond acceptors (Lipinski definition) is 1. The van der Waals surface area contributed by atoms with Crippen LogP contribution in [-0.4, -0.2) is 5.11 Å². The molecule has 1 aromatic rings. The highest BCUT2D eigenvalue weighted by molar-refractivity contribution is 5.28. The summed E-state index contributed by atoms with van der Waals surface area (Å²) in [6, 6.07) is 8.32. The fraction of sp³-hybridized carbons (Fsp3) is 0.571. The van der Waals surface area contributed by atoms with Crippen LogP contribution in [0.25, 0.3) is 0 Å². The van der Waals surface area contributed by atoms with Crippen molar-refractivity contribution >= 4 is 0 Å². The van der Waals surface area contributed by atoms with E-state index in [0.29, 0.717) is 5.92 Å². The van der Waals surface area contributed by atoms with Crippen LogP contribution in [0.4, 0.5) is 0 Å². The van der Waals surface area contributed by atoms with Gasteiger partial charge in [0.05, 0.1) is 5.60 Å². The standard InChI is InChI=1S/C14H22O/c1-5-10-14(4,15)13-8-6-12(7-9-13)11(2)3/h6-9,11,15H,5,10H2,1-4H3/t14-/m1/s1. The summed E-state index contributed by atoms with van der Waals surface area (Å²) in [6.45, 7) is 8.34. The summed E-state index contributed by atoms with van der Waals surface area (Å²) in [5, 5.41) is 10.2. The molecule has 1 heteroatoms. The molecule has 0 fully saturated rings. The molecule has 1 rings (SSSR count). The molecule has 0 amide bonds. The monoisotopic (exact) mass is 206 g/mol. The van der Waals surface area contributed by atoms with Crippen LogP contribution >= 0.6 is 0 Å². The average Bonchev–Trinajstić information content (AvgIpc) is 2.18. The first-order valence-corrected chi connectivity index (χ1v) is 5.80. The Bertz CT molecular complexity index is 296. The van der Waals surface area contributed by atoms with Crippen LogP contribution in [0.1, 0.15) is 57.6 Å². The third-order valence-electron chi connectivity index (χ3n) is 2.94. The maximum atomic E-state index is 10.2. The van der Waals surface area contributed by atoms with Gasteiger partial charge in [0, 0.05) is 0 Å². The minimum atomic E-state index is -0.676. The molecule has 0 spiro atoms. The van der Waals surface area contributed by atoms with Gasteiger partial charge in [-0.3, -0.25) is 0 Å². The highest BCUT2D eigenvalue weighted by Gasteiger charge is 2.21. The number of hydrogen-bond donors (Lipinski definition) is 1. The van der Waals surface area contributed by atoms with Crippen molar-refractivity contribution in [2.24, 2.45) is 0 Å². The van der Waals surface area contributed by atoms with Gasteiger partial charge in [-0.2, -0.15) is 0 Å². The van der Waals surface area contributed by atoms with E-state index in [1.807, 2.05) is 19.1 Å². The van der Waals surface area contributed by atoms with Gasteiger partial charge in [-0.05, 0) is 30.4 Å². The maximum Gasteiger partial charge on any atom is 0.0868 e. The molecule has 0 radical (unpaired) electrons. The molecular formula is C14H22O. The van der Waals surface area contributed by atoms with E-state index in [4.69, 9.17) is 0 Å². The van der Waals surface area contributed by atoms with E-state index in [9.17, 15) is 5.11 Å². The summed E-state index contributed by atoms with van der Waals surface area (Å²) in [5.74, 6) is 0.551. The molecular weight excluding hydrogens is 184 g/mol. The van der Waals surface area contributed by atoms with Crippen LogP contribution < -0.4 is 0 Å². The first-order valence-electron chi connectivity index (χ1n) is 5.80. The smallest absolute Gasteiger partial charge is 0.0868 e. The zero-order valence-electron chi connectivity index (χ0n) is 10.2. The number of rotatable bonds is 4. The Balaban J connectivity index is 2.88. The fourth-order valence-electron chi connectivity index (χ4n) is 1.86. The molecule has 1 atom stereocenters. The fourth-order valence-corrected chi connectivity index (χ4v) is 1.86. The minimum Gasteiger partial charge on any atom is -0.385 e. The summed E-state index contributed by atoms with van der Waals surface area (Å²) >= 11 is 0. The maximum absolute atomic E-state index is 10.2. The van der Waals surface area contributed by atoms with Gasteiger partial charge in [0.25, 0.3) is 0 Å². The lowest BCUT2D eigenvalue weighted by atomic mass is 9.90. The highest BCUT2D eigenvalue weighted by Crippen LogP contribution is 2.27. The quantitative estimate of drug-likeness (QED) is 0.794. The molecule has 1 nitrogen and oxygen atoms in total. The zero-order valence-corrected chi connectivity index (χ0v) is 10.2. The highest BCUT2D eigenvalue weighted by atomic mass is 16.3. The van der Waals surface area contributed by atoms with Crippen molar-refractivity contribution in [1.29, 1.82) is 0 Å². The first-order chi connectivity index (χ1) is 6.97. The van der Waals surface area contributed by atoms with Crippen molar-refractivity contribution in [1.82, 2.24) is 0 Å². The second kappa shape index (κ2) is 4.80. The van der Waals surface area contributed by atoms with Crippen LogP contribution in [0.15, 0.2) is 24.3 Å². The van der Waals surface area contributed by atoms with E-state index >= 15 is 0 Å². The van der Waals surface area contributed by atoms with E-state index in [-0.39, 0.29) is 0 Å². The van der Waals surface area contributed by atoms with Crippen molar-refractivity contribution in [2.45, 2.75) is 52.1 Å². The third kappa shape index (κ3) is 3.07. The number of benzene rings is 1. The van der Waals surface area contributed by atoms with Gasteiger partial charge in [0.1, 0.15) is 0 Å². The second-order valence-corrected chi connectivity index (χ2v) is 4.80. The summed E-state index contributed by atoms with van der Waals surface area (Å²) in [7, 11) is 0. The molecule has 15 heavy (non-hydrogen) atoms. The van der Waals surface area contributed by atoms with Crippen molar-refractivity contribution in [2.75, 3.05) is 0 Å². The van der Waals surface area contributed by atoms with Gasteiger partial charge in [-0.25, -0.2) is 0 Å². The minimum absolute atomic E-state index is 0.551. The first kappa shape index (κ1) is 12.3. The normalized spacial score (nSPS) is 15.3. The van der Waals surface area contributed by atoms with E-state index < -0.39 is 5.60 Å². The average molecular weight is 206 g/mol. The zero-order chi connectivity index (χ0) is 11.5. The van der Waals surface area contributed by atoms with Crippen molar-refractivity contribution in [3.8, 4) is 0 Å². The van der Waals surface area contributed by atoms with E-state index in [1.165, 1.54) is 5.56 Å². The van der Waals surface area contributed by atoms with Gasteiger partial charge in [0.15, 0.2) is 0 Å².